The lowest BCUT2D eigenvalue weighted by Gasteiger charge is -2.05. The second-order valence-electron chi connectivity index (χ2n) is 5.11. The van der Waals surface area contributed by atoms with E-state index in [0.29, 0.717) is 0 Å². The van der Waals surface area contributed by atoms with Crippen LogP contribution in [0.25, 0.3) is 12.2 Å². The van der Waals surface area contributed by atoms with E-state index in [-0.39, 0.29) is 0 Å². The van der Waals surface area contributed by atoms with Crippen molar-refractivity contribution >= 4 is 12.2 Å². The number of hydrogen-bond acceptors (Lipinski definition) is 1. The molecule has 0 spiro atoms. The first-order chi connectivity index (χ1) is 11.4. The maximum atomic E-state index is 5.78. The molecule has 0 heterocycles. The quantitative estimate of drug-likeness (QED) is 0.509. The summed E-state index contributed by atoms with van der Waals surface area (Å²) in [5, 5.41) is 0. The predicted octanol–water partition coefficient (Wildman–Crippen LogP) is 6.21. The van der Waals surface area contributed by atoms with Gasteiger partial charge >= 0.3 is 0 Å². The highest BCUT2D eigenvalue weighted by Crippen LogP contribution is 2.21. The Kier molecular flexibility index (Phi) is 5.04. The first-order valence-corrected chi connectivity index (χ1v) is 7.63. The van der Waals surface area contributed by atoms with Crippen LogP contribution in [0.1, 0.15) is 11.1 Å². The predicted molar refractivity (Wildman–Crippen MR) is 97.5 cm³/mol. The topological polar surface area (TPSA) is 9.23 Å². The van der Waals surface area contributed by atoms with Gasteiger partial charge in [0.25, 0.3) is 0 Å². The second kappa shape index (κ2) is 7.81. The number of allylic oxidation sites excluding steroid dienone is 2. The number of benzene rings is 3. The highest BCUT2D eigenvalue weighted by atomic mass is 16.5. The van der Waals surface area contributed by atoms with E-state index in [9.17, 15) is 0 Å². The molecule has 3 rings (SSSR count). The van der Waals surface area contributed by atoms with Gasteiger partial charge in [0.05, 0.1) is 0 Å². The fourth-order valence-electron chi connectivity index (χ4n) is 2.17. The van der Waals surface area contributed by atoms with E-state index in [2.05, 4.69) is 24.3 Å². The standard InChI is InChI=1S/C22H18O/c1-3-9-19(10-4-1)11-7-8-12-20-15-17-22(18-16-20)23-21-13-5-2-6-14-21/h1-18H. The molecule has 0 fully saturated rings. The summed E-state index contributed by atoms with van der Waals surface area (Å²) in [6, 6.07) is 28.1. The molecule has 0 bridgehead atoms. The lowest BCUT2D eigenvalue weighted by Crippen LogP contribution is -1.83. The molecule has 3 aromatic rings. The summed E-state index contributed by atoms with van der Waals surface area (Å²) in [6.45, 7) is 0. The Morgan fingerprint density at radius 1 is 0.478 bits per heavy atom. The largest absolute Gasteiger partial charge is 0.457 e. The minimum atomic E-state index is 0.841. The zero-order chi connectivity index (χ0) is 15.7. The molecule has 0 saturated heterocycles. The summed E-state index contributed by atoms with van der Waals surface area (Å²) < 4.78 is 5.78. The van der Waals surface area contributed by atoms with Crippen LogP contribution < -0.4 is 4.74 Å². The lowest BCUT2D eigenvalue weighted by atomic mass is 10.2. The SMILES string of the molecule is C(C=Cc1ccc(Oc2ccccc2)cc1)=Cc1ccccc1. The zero-order valence-corrected chi connectivity index (χ0v) is 12.8. The molecular formula is C22H18O. The molecule has 0 saturated carbocycles. The number of ether oxygens (including phenoxy) is 1. The Hall–Kier alpha value is -3.06. The van der Waals surface area contributed by atoms with E-state index < -0.39 is 0 Å². The molecule has 1 nitrogen and oxygen atoms in total. The third-order valence-corrected chi connectivity index (χ3v) is 3.35. The van der Waals surface area contributed by atoms with Crippen LogP contribution in [0.3, 0.4) is 0 Å². The minimum absolute atomic E-state index is 0.841. The lowest BCUT2D eigenvalue weighted by molar-refractivity contribution is 0.482. The highest BCUT2D eigenvalue weighted by molar-refractivity contribution is 5.57. The zero-order valence-electron chi connectivity index (χ0n) is 12.8. The Labute approximate surface area is 137 Å². The molecule has 0 aliphatic carbocycles. The molecule has 0 aliphatic rings. The fraction of sp³-hybridized carbons (Fsp3) is 0. The summed E-state index contributed by atoms with van der Waals surface area (Å²) in [6.07, 6.45) is 8.25. The average molecular weight is 298 g/mol. The molecular weight excluding hydrogens is 280 g/mol. The Morgan fingerprint density at radius 2 is 0.957 bits per heavy atom. The van der Waals surface area contributed by atoms with Crippen molar-refractivity contribution in [2.24, 2.45) is 0 Å². The molecule has 0 aliphatic heterocycles. The van der Waals surface area contributed by atoms with Crippen molar-refractivity contribution in [2.45, 2.75) is 0 Å². The highest BCUT2D eigenvalue weighted by Gasteiger charge is 1.95. The van der Waals surface area contributed by atoms with Crippen LogP contribution in [-0.2, 0) is 0 Å². The molecule has 23 heavy (non-hydrogen) atoms. The Balaban J connectivity index is 1.59. The Bertz CT molecular complexity index is 769. The van der Waals surface area contributed by atoms with Gasteiger partial charge in [-0.1, -0.05) is 85.0 Å². The van der Waals surface area contributed by atoms with E-state index in [4.69, 9.17) is 4.74 Å². The van der Waals surface area contributed by atoms with E-state index in [1.165, 1.54) is 5.56 Å². The summed E-state index contributed by atoms with van der Waals surface area (Å²) >= 11 is 0. The van der Waals surface area contributed by atoms with Crippen molar-refractivity contribution in [1.82, 2.24) is 0 Å². The van der Waals surface area contributed by atoms with Gasteiger partial charge in [0.1, 0.15) is 11.5 Å². The van der Waals surface area contributed by atoms with Crippen molar-refractivity contribution < 1.29 is 4.74 Å². The smallest absolute Gasteiger partial charge is 0.127 e. The maximum Gasteiger partial charge on any atom is 0.127 e. The van der Waals surface area contributed by atoms with E-state index in [0.717, 1.165) is 17.1 Å². The van der Waals surface area contributed by atoms with Gasteiger partial charge in [0.2, 0.25) is 0 Å². The van der Waals surface area contributed by atoms with Crippen molar-refractivity contribution in [1.29, 1.82) is 0 Å². The average Bonchev–Trinajstić information content (AvgIpc) is 2.62. The van der Waals surface area contributed by atoms with Crippen LogP contribution in [0.5, 0.6) is 11.5 Å². The van der Waals surface area contributed by atoms with Gasteiger partial charge in [-0.25, -0.2) is 0 Å². The number of rotatable bonds is 5. The van der Waals surface area contributed by atoms with E-state index >= 15 is 0 Å². The minimum Gasteiger partial charge on any atom is -0.457 e. The number of hydrogen-bond donors (Lipinski definition) is 0. The third kappa shape index (κ3) is 4.72. The summed E-state index contributed by atoms with van der Waals surface area (Å²) in [5.74, 6) is 1.69. The monoisotopic (exact) mass is 298 g/mol. The molecule has 0 aromatic heterocycles. The molecule has 112 valence electrons. The fourth-order valence-corrected chi connectivity index (χ4v) is 2.17. The van der Waals surface area contributed by atoms with Crippen LogP contribution in [0, 0.1) is 0 Å². The molecule has 0 radical (unpaired) electrons. The van der Waals surface area contributed by atoms with Gasteiger partial charge in [-0.15, -0.1) is 0 Å². The molecule has 0 unspecified atom stereocenters. The molecule has 0 N–H and O–H groups in total. The first kappa shape index (κ1) is 14.9. The summed E-state index contributed by atoms with van der Waals surface area (Å²) in [4.78, 5) is 0. The molecule has 1 heteroatoms. The van der Waals surface area contributed by atoms with Gasteiger partial charge < -0.3 is 4.74 Å². The van der Waals surface area contributed by atoms with E-state index in [1.807, 2.05) is 84.9 Å². The van der Waals surface area contributed by atoms with Crippen LogP contribution >= 0.6 is 0 Å². The normalized spacial score (nSPS) is 11.1. The maximum absolute atomic E-state index is 5.78. The summed E-state index contributed by atoms with van der Waals surface area (Å²) in [7, 11) is 0. The van der Waals surface area contributed by atoms with Gasteiger partial charge in [-0.05, 0) is 35.4 Å². The van der Waals surface area contributed by atoms with Crippen molar-refractivity contribution in [3.05, 3.63) is 108 Å². The van der Waals surface area contributed by atoms with Crippen LogP contribution in [0.2, 0.25) is 0 Å². The van der Waals surface area contributed by atoms with Gasteiger partial charge in [-0.3, -0.25) is 0 Å². The Morgan fingerprint density at radius 3 is 1.57 bits per heavy atom. The van der Waals surface area contributed by atoms with Crippen molar-refractivity contribution in [3.63, 3.8) is 0 Å². The molecule has 3 aromatic carbocycles. The van der Waals surface area contributed by atoms with E-state index in [1.54, 1.807) is 0 Å². The number of para-hydroxylation sites is 1. The second-order valence-corrected chi connectivity index (χ2v) is 5.11. The van der Waals surface area contributed by atoms with Gasteiger partial charge in [0.15, 0.2) is 0 Å². The summed E-state index contributed by atoms with van der Waals surface area (Å²) in [5.41, 5.74) is 2.34. The third-order valence-electron chi connectivity index (χ3n) is 3.35. The van der Waals surface area contributed by atoms with Crippen LogP contribution in [0.15, 0.2) is 97.1 Å². The van der Waals surface area contributed by atoms with Gasteiger partial charge in [-0.2, -0.15) is 0 Å². The van der Waals surface area contributed by atoms with Gasteiger partial charge in [0, 0.05) is 0 Å². The molecule has 0 amide bonds. The molecule has 0 atom stereocenters. The first-order valence-electron chi connectivity index (χ1n) is 7.63. The van der Waals surface area contributed by atoms with Crippen LogP contribution in [0.4, 0.5) is 0 Å². The van der Waals surface area contributed by atoms with Crippen molar-refractivity contribution in [2.75, 3.05) is 0 Å². The van der Waals surface area contributed by atoms with Crippen LogP contribution in [-0.4, -0.2) is 0 Å². The van der Waals surface area contributed by atoms with Crippen molar-refractivity contribution in [3.8, 4) is 11.5 Å².